The fraction of sp³-hybridized carbons (Fsp3) is 0.200. The number of hydrogen-bond acceptors (Lipinski definition) is 3. The molecule has 1 unspecified atom stereocenters. The Labute approximate surface area is 131 Å². The fourth-order valence-corrected chi connectivity index (χ4v) is 2.78. The van der Waals surface area contributed by atoms with Crippen LogP contribution in [0.1, 0.15) is 24.1 Å². The van der Waals surface area contributed by atoms with Gasteiger partial charge in [0.1, 0.15) is 11.5 Å². The Morgan fingerprint density at radius 1 is 1.20 bits per heavy atom. The van der Waals surface area contributed by atoms with Crippen LogP contribution in [0.4, 0.5) is 5.69 Å². The number of benzene rings is 2. The van der Waals surface area contributed by atoms with Crippen LogP contribution in [-0.4, -0.2) is 10.2 Å². The molecule has 2 aromatic rings. The lowest BCUT2D eigenvalue weighted by molar-refractivity contribution is 0.434. The van der Waals surface area contributed by atoms with Gasteiger partial charge in [0.05, 0.1) is 17.3 Å². The van der Waals surface area contributed by atoms with Crippen LogP contribution in [0.3, 0.4) is 0 Å². The first-order valence-electron chi connectivity index (χ1n) is 6.13. The Morgan fingerprint density at radius 3 is 2.40 bits per heavy atom. The van der Waals surface area contributed by atoms with Gasteiger partial charge in [0.2, 0.25) is 0 Å². The Balaban J connectivity index is 2.33. The average molecular weight is 357 g/mol. The van der Waals surface area contributed by atoms with Crippen molar-refractivity contribution in [1.29, 1.82) is 0 Å². The molecule has 5 heteroatoms. The molecule has 0 saturated carbocycles. The maximum Gasteiger partial charge on any atom is 0.124 e. The molecule has 0 bridgehead atoms. The summed E-state index contributed by atoms with van der Waals surface area (Å²) in [7, 11) is 0. The molecule has 2 aromatic carbocycles. The smallest absolute Gasteiger partial charge is 0.124 e. The number of aromatic hydroxyl groups is 2. The summed E-state index contributed by atoms with van der Waals surface area (Å²) in [5.74, 6) is 0.110. The monoisotopic (exact) mass is 355 g/mol. The predicted molar refractivity (Wildman–Crippen MR) is 85.7 cm³/mol. The molecule has 20 heavy (non-hydrogen) atoms. The number of phenols is 2. The number of nitrogens with one attached hydrogen (secondary N) is 1. The van der Waals surface area contributed by atoms with Crippen LogP contribution in [0, 0.1) is 6.92 Å². The molecule has 3 nitrogen and oxygen atoms in total. The van der Waals surface area contributed by atoms with E-state index in [0.717, 1.165) is 15.7 Å². The van der Waals surface area contributed by atoms with E-state index in [0.29, 0.717) is 10.6 Å². The average Bonchev–Trinajstić information content (AvgIpc) is 2.35. The van der Waals surface area contributed by atoms with E-state index in [1.807, 2.05) is 26.0 Å². The third-order valence-electron chi connectivity index (χ3n) is 3.11. The van der Waals surface area contributed by atoms with Crippen molar-refractivity contribution in [3.8, 4) is 11.5 Å². The molecular formula is C15H15BrClNO2. The fourth-order valence-electron chi connectivity index (χ4n) is 2.05. The molecule has 1 atom stereocenters. The standard InChI is InChI=1S/C15H15BrClNO2/c1-8-6-10(16)12(7-11(8)17)18-9(2)15-13(19)4-3-5-14(15)20/h3-7,9,18-20H,1-2H3. The second-order valence-corrected chi connectivity index (χ2v) is 5.92. The lowest BCUT2D eigenvalue weighted by Crippen LogP contribution is -2.08. The summed E-state index contributed by atoms with van der Waals surface area (Å²) in [6, 6.07) is 8.15. The van der Waals surface area contributed by atoms with Crippen molar-refractivity contribution in [2.45, 2.75) is 19.9 Å². The summed E-state index contributed by atoms with van der Waals surface area (Å²) >= 11 is 9.59. The van der Waals surface area contributed by atoms with Crippen LogP contribution in [0.15, 0.2) is 34.8 Å². The van der Waals surface area contributed by atoms with Crippen LogP contribution in [0.2, 0.25) is 5.02 Å². The van der Waals surface area contributed by atoms with E-state index in [1.54, 1.807) is 18.2 Å². The summed E-state index contributed by atoms with van der Waals surface area (Å²) in [5.41, 5.74) is 2.23. The first-order valence-corrected chi connectivity index (χ1v) is 7.30. The maximum atomic E-state index is 9.87. The van der Waals surface area contributed by atoms with Crippen molar-refractivity contribution in [3.05, 3.63) is 51.0 Å². The van der Waals surface area contributed by atoms with Gasteiger partial charge in [-0.1, -0.05) is 17.7 Å². The lowest BCUT2D eigenvalue weighted by Gasteiger charge is -2.19. The van der Waals surface area contributed by atoms with E-state index in [9.17, 15) is 10.2 Å². The van der Waals surface area contributed by atoms with Crippen molar-refractivity contribution in [2.75, 3.05) is 5.32 Å². The highest BCUT2D eigenvalue weighted by atomic mass is 79.9. The molecule has 0 aliphatic heterocycles. The molecule has 0 aliphatic carbocycles. The third kappa shape index (κ3) is 3.02. The predicted octanol–water partition coefficient (Wildman–Crippen LogP) is 5.00. The van der Waals surface area contributed by atoms with Crippen molar-refractivity contribution in [2.24, 2.45) is 0 Å². The van der Waals surface area contributed by atoms with Crippen LogP contribution in [0.25, 0.3) is 0 Å². The topological polar surface area (TPSA) is 52.5 Å². The van der Waals surface area contributed by atoms with E-state index < -0.39 is 0 Å². The van der Waals surface area contributed by atoms with E-state index in [2.05, 4.69) is 21.2 Å². The molecule has 2 rings (SSSR count). The van der Waals surface area contributed by atoms with Crippen LogP contribution < -0.4 is 5.32 Å². The first kappa shape index (κ1) is 15.0. The van der Waals surface area contributed by atoms with E-state index >= 15 is 0 Å². The van der Waals surface area contributed by atoms with Gasteiger partial charge in [-0.2, -0.15) is 0 Å². The Kier molecular flexibility index (Phi) is 4.45. The summed E-state index contributed by atoms with van der Waals surface area (Å²) in [5, 5.41) is 23.6. The highest BCUT2D eigenvalue weighted by Crippen LogP contribution is 2.36. The zero-order chi connectivity index (χ0) is 14.9. The summed E-state index contributed by atoms with van der Waals surface area (Å²) in [6.07, 6.45) is 0. The molecule has 0 fully saturated rings. The molecule has 106 valence electrons. The molecule has 0 radical (unpaired) electrons. The Morgan fingerprint density at radius 2 is 1.80 bits per heavy atom. The van der Waals surface area contributed by atoms with E-state index in [-0.39, 0.29) is 17.5 Å². The SMILES string of the molecule is Cc1cc(Br)c(NC(C)c2c(O)cccc2O)cc1Cl. The van der Waals surface area contributed by atoms with Gasteiger partial charge in [0, 0.05) is 9.50 Å². The van der Waals surface area contributed by atoms with E-state index in [1.165, 1.54) is 0 Å². The highest BCUT2D eigenvalue weighted by molar-refractivity contribution is 9.10. The molecule has 0 amide bonds. The van der Waals surface area contributed by atoms with E-state index in [4.69, 9.17) is 11.6 Å². The summed E-state index contributed by atoms with van der Waals surface area (Å²) < 4.78 is 0.876. The Hall–Kier alpha value is -1.39. The minimum atomic E-state index is -0.272. The van der Waals surface area contributed by atoms with Gasteiger partial charge in [-0.15, -0.1) is 0 Å². The quantitative estimate of drug-likeness (QED) is 0.726. The third-order valence-corrected chi connectivity index (χ3v) is 4.18. The molecule has 0 aliphatic rings. The maximum absolute atomic E-state index is 9.87. The lowest BCUT2D eigenvalue weighted by atomic mass is 10.1. The number of anilines is 1. The van der Waals surface area contributed by atoms with Crippen molar-refractivity contribution >= 4 is 33.2 Å². The van der Waals surface area contributed by atoms with Crippen LogP contribution in [-0.2, 0) is 0 Å². The molecule has 0 spiro atoms. The molecule has 0 aromatic heterocycles. The second kappa shape index (κ2) is 5.94. The number of aryl methyl sites for hydroxylation is 1. The molecular weight excluding hydrogens is 342 g/mol. The van der Waals surface area contributed by atoms with Gasteiger partial charge in [0.25, 0.3) is 0 Å². The number of hydrogen-bond donors (Lipinski definition) is 3. The van der Waals surface area contributed by atoms with Crippen molar-refractivity contribution < 1.29 is 10.2 Å². The van der Waals surface area contributed by atoms with Gasteiger partial charge in [0.15, 0.2) is 0 Å². The molecule has 0 heterocycles. The normalized spacial score (nSPS) is 12.2. The van der Waals surface area contributed by atoms with Crippen LogP contribution in [0.5, 0.6) is 11.5 Å². The van der Waals surface area contributed by atoms with Crippen molar-refractivity contribution in [1.82, 2.24) is 0 Å². The van der Waals surface area contributed by atoms with Gasteiger partial charge in [-0.3, -0.25) is 0 Å². The molecule has 3 N–H and O–H groups in total. The first-order chi connectivity index (χ1) is 9.40. The Bertz CT molecular complexity index is 626. The number of phenolic OH excluding ortho intramolecular Hbond substituents is 2. The number of halogens is 2. The zero-order valence-electron chi connectivity index (χ0n) is 11.1. The minimum Gasteiger partial charge on any atom is -0.507 e. The van der Waals surface area contributed by atoms with Crippen LogP contribution >= 0.6 is 27.5 Å². The summed E-state index contributed by atoms with van der Waals surface area (Å²) in [4.78, 5) is 0. The zero-order valence-corrected chi connectivity index (χ0v) is 13.5. The second-order valence-electron chi connectivity index (χ2n) is 4.66. The number of rotatable bonds is 3. The van der Waals surface area contributed by atoms with Crippen molar-refractivity contribution in [3.63, 3.8) is 0 Å². The van der Waals surface area contributed by atoms with Gasteiger partial charge >= 0.3 is 0 Å². The van der Waals surface area contributed by atoms with Gasteiger partial charge in [-0.05, 0) is 59.6 Å². The molecule has 0 saturated heterocycles. The minimum absolute atomic E-state index is 0.0549. The van der Waals surface area contributed by atoms with Gasteiger partial charge < -0.3 is 15.5 Å². The highest BCUT2D eigenvalue weighted by Gasteiger charge is 2.16. The largest absolute Gasteiger partial charge is 0.507 e. The van der Waals surface area contributed by atoms with Gasteiger partial charge in [-0.25, -0.2) is 0 Å². The summed E-state index contributed by atoms with van der Waals surface area (Å²) in [6.45, 7) is 3.78.